The van der Waals surface area contributed by atoms with Gasteiger partial charge in [0, 0.05) is 12.1 Å². The molecule has 20 heavy (non-hydrogen) atoms. The summed E-state index contributed by atoms with van der Waals surface area (Å²) in [6.07, 6.45) is 1.63. The van der Waals surface area contributed by atoms with Gasteiger partial charge in [0.05, 0.1) is 9.79 Å². The third-order valence-corrected chi connectivity index (χ3v) is 6.62. The van der Waals surface area contributed by atoms with Crippen LogP contribution in [0.3, 0.4) is 0 Å². The Morgan fingerprint density at radius 3 is 1.95 bits per heavy atom. The van der Waals surface area contributed by atoms with Crippen LogP contribution in [0.15, 0.2) is 34.1 Å². The number of nitrogens with two attached hydrogens (primary N) is 1. The van der Waals surface area contributed by atoms with Gasteiger partial charge in [-0.05, 0) is 51.0 Å². The maximum Gasteiger partial charge on any atom is 0.243 e. The van der Waals surface area contributed by atoms with E-state index in [0.717, 1.165) is 12.8 Å². The van der Waals surface area contributed by atoms with Crippen molar-refractivity contribution >= 4 is 20.0 Å². The van der Waals surface area contributed by atoms with Crippen LogP contribution in [0, 0.1) is 0 Å². The molecule has 0 bridgehead atoms. The smallest absolute Gasteiger partial charge is 0.225 e. The van der Waals surface area contributed by atoms with Gasteiger partial charge in [0.15, 0.2) is 0 Å². The van der Waals surface area contributed by atoms with Crippen LogP contribution in [0.25, 0.3) is 0 Å². The van der Waals surface area contributed by atoms with Gasteiger partial charge in [0.25, 0.3) is 0 Å². The van der Waals surface area contributed by atoms with Crippen LogP contribution in [0.5, 0.6) is 0 Å². The fraction of sp³-hybridized carbons (Fsp3) is 0.500. The Balaban J connectivity index is 2.41. The maximum atomic E-state index is 12.6. The number of benzene rings is 1. The number of hydrogen-bond donors (Lipinski definition) is 1. The minimum absolute atomic E-state index is 0.0832. The van der Waals surface area contributed by atoms with Gasteiger partial charge in [-0.3, -0.25) is 0 Å². The van der Waals surface area contributed by atoms with Crippen molar-refractivity contribution in [3.05, 3.63) is 24.3 Å². The Labute approximate surface area is 119 Å². The van der Waals surface area contributed by atoms with Crippen LogP contribution in [0.2, 0.25) is 0 Å². The zero-order chi connectivity index (χ0) is 15.2. The molecular weight excluding hydrogens is 300 g/mol. The van der Waals surface area contributed by atoms with Crippen molar-refractivity contribution in [3.8, 4) is 0 Å². The van der Waals surface area contributed by atoms with Crippen molar-refractivity contribution in [1.82, 2.24) is 4.31 Å². The standard InChI is InChI=1S/C12H18N2O4S2/c1-12(2)8-3-9-14(12)20(17,18)11-6-4-10(5-7-11)19(13,15)16/h4-7H,3,8-9H2,1-2H3,(H2,13,15,16). The summed E-state index contributed by atoms with van der Waals surface area (Å²) in [5.74, 6) is 0. The number of sulfonamides is 2. The van der Waals surface area contributed by atoms with E-state index in [2.05, 4.69) is 0 Å². The molecule has 0 spiro atoms. The summed E-state index contributed by atoms with van der Waals surface area (Å²) in [7, 11) is -7.43. The summed E-state index contributed by atoms with van der Waals surface area (Å²) in [6.45, 7) is 4.25. The molecular formula is C12H18N2O4S2. The molecule has 0 radical (unpaired) electrons. The number of primary sulfonamides is 1. The molecule has 0 aromatic heterocycles. The normalized spacial score (nSPS) is 20.1. The highest BCUT2D eigenvalue weighted by atomic mass is 32.2. The van der Waals surface area contributed by atoms with Crippen LogP contribution >= 0.6 is 0 Å². The van der Waals surface area contributed by atoms with Crippen molar-refractivity contribution in [1.29, 1.82) is 0 Å². The second-order valence-electron chi connectivity index (χ2n) is 5.51. The molecule has 1 aromatic rings. The van der Waals surface area contributed by atoms with E-state index in [0.29, 0.717) is 6.54 Å². The van der Waals surface area contributed by atoms with Gasteiger partial charge in [-0.2, -0.15) is 4.31 Å². The maximum absolute atomic E-state index is 12.6. The van der Waals surface area contributed by atoms with Gasteiger partial charge in [-0.1, -0.05) is 0 Å². The lowest BCUT2D eigenvalue weighted by molar-refractivity contribution is 0.291. The monoisotopic (exact) mass is 318 g/mol. The highest BCUT2D eigenvalue weighted by molar-refractivity contribution is 7.89. The highest BCUT2D eigenvalue weighted by Gasteiger charge is 2.40. The number of hydrogen-bond acceptors (Lipinski definition) is 4. The predicted molar refractivity (Wildman–Crippen MR) is 75.0 cm³/mol. The Kier molecular flexibility index (Phi) is 3.70. The Morgan fingerprint density at radius 2 is 1.55 bits per heavy atom. The van der Waals surface area contributed by atoms with E-state index in [1.807, 2.05) is 13.8 Å². The molecule has 1 aliphatic rings. The lowest BCUT2D eigenvalue weighted by Crippen LogP contribution is -2.42. The summed E-state index contributed by atoms with van der Waals surface area (Å²) in [5.41, 5.74) is -0.419. The van der Waals surface area contributed by atoms with E-state index in [1.54, 1.807) is 0 Å². The molecule has 1 aromatic carbocycles. The first kappa shape index (κ1) is 15.4. The van der Waals surface area contributed by atoms with Crippen molar-refractivity contribution in [2.45, 2.75) is 42.0 Å². The number of nitrogens with zero attached hydrogens (tertiary/aromatic N) is 1. The first-order valence-corrected chi connectivity index (χ1v) is 9.19. The molecule has 112 valence electrons. The summed E-state index contributed by atoms with van der Waals surface area (Å²) in [5, 5.41) is 4.99. The summed E-state index contributed by atoms with van der Waals surface area (Å²) in [4.78, 5) is -0.0167. The van der Waals surface area contributed by atoms with Gasteiger partial charge < -0.3 is 0 Å². The quantitative estimate of drug-likeness (QED) is 0.895. The van der Waals surface area contributed by atoms with Gasteiger partial charge in [0.1, 0.15) is 0 Å². The fourth-order valence-electron chi connectivity index (χ4n) is 2.46. The van der Waals surface area contributed by atoms with E-state index < -0.39 is 25.6 Å². The Hall–Kier alpha value is -0.960. The van der Waals surface area contributed by atoms with Crippen molar-refractivity contribution in [3.63, 3.8) is 0 Å². The lowest BCUT2D eigenvalue weighted by Gasteiger charge is -2.30. The molecule has 1 heterocycles. The molecule has 0 saturated carbocycles. The zero-order valence-corrected chi connectivity index (χ0v) is 13.0. The first-order chi connectivity index (χ1) is 9.05. The lowest BCUT2D eigenvalue weighted by atomic mass is 10.0. The number of rotatable bonds is 3. The van der Waals surface area contributed by atoms with Gasteiger partial charge in [-0.15, -0.1) is 0 Å². The molecule has 1 aliphatic heterocycles. The van der Waals surface area contributed by atoms with Gasteiger partial charge in [0.2, 0.25) is 20.0 Å². The molecule has 0 aliphatic carbocycles. The third-order valence-electron chi connectivity index (χ3n) is 3.57. The van der Waals surface area contributed by atoms with Crippen LogP contribution in [0.4, 0.5) is 0 Å². The van der Waals surface area contributed by atoms with Gasteiger partial charge in [-0.25, -0.2) is 22.0 Å². The SMILES string of the molecule is CC1(C)CCCN1S(=O)(=O)c1ccc(S(N)(=O)=O)cc1. The average Bonchev–Trinajstić information content (AvgIpc) is 2.68. The largest absolute Gasteiger partial charge is 0.243 e. The second kappa shape index (κ2) is 4.80. The minimum Gasteiger partial charge on any atom is -0.225 e. The van der Waals surface area contributed by atoms with Crippen LogP contribution in [-0.2, 0) is 20.0 Å². The molecule has 0 amide bonds. The molecule has 6 nitrogen and oxygen atoms in total. The minimum atomic E-state index is -3.82. The van der Waals surface area contributed by atoms with Crippen LogP contribution in [-0.4, -0.2) is 33.2 Å². The van der Waals surface area contributed by atoms with Crippen LogP contribution < -0.4 is 5.14 Å². The first-order valence-electron chi connectivity index (χ1n) is 6.21. The molecule has 1 fully saturated rings. The molecule has 2 rings (SSSR count). The van der Waals surface area contributed by atoms with Crippen LogP contribution in [0.1, 0.15) is 26.7 Å². The average molecular weight is 318 g/mol. The molecule has 0 atom stereocenters. The van der Waals surface area contributed by atoms with Crippen molar-refractivity contribution in [2.75, 3.05) is 6.54 Å². The molecule has 1 saturated heterocycles. The summed E-state index contributed by atoms with van der Waals surface area (Å²) >= 11 is 0. The van der Waals surface area contributed by atoms with E-state index in [4.69, 9.17) is 5.14 Å². The summed E-state index contributed by atoms with van der Waals surface area (Å²) in [6, 6.07) is 4.99. The van der Waals surface area contributed by atoms with E-state index in [1.165, 1.54) is 28.6 Å². The van der Waals surface area contributed by atoms with Gasteiger partial charge >= 0.3 is 0 Å². The highest BCUT2D eigenvalue weighted by Crippen LogP contribution is 2.33. The Morgan fingerprint density at radius 1 is 1.05 bits per heavy atom. The topological polar surface area (TPSA) is 97.5 Å². The molecule has 8 heteroatoms. The van der Waals surface area contributed by atoms with E-state index in [-0.39, 0.29) is 9.79 Å². The molecule has 0 unspecified atom stereocenters. The molecule has 2 N–H and O–H groups in total. The second-order valence-corrected chi connectivity index (χ2v) is 8.93. The summed E-state index contributed by atoms with van der Waals surface area (Å²) < 4.78 is 48.9. The van der Waals surface area contributed by atoms with E-state index >= 15 is 0 Å². The zero-order valence-electron chi connectivity index (χ0n) is 11.4. The van der Waals surface area contributed by atoms with Crippen molar-refractivity contribution in [2.24, 2.45) is 5.14 Å². The van der Waals surface area contributed by atoms with E-state index in [9.17, 15) is 16.8 Å². The predicted octanol–water partition coefficient (Wildman–Crippen LogP) is 0.897. The Bertz CT molecular complexity index is 706. The third kappa shape index (κ3) is 2.73. The van der Waals surface area contributed by atoms with Crippen molar-refractivity contribution < 1.29 is 16.8 Å². The fourth-order valence-corrected chi connectivity index (χ4v) is 4.82.